The van der Waals surface area contributed by atoms with Gasteiger partial charge in [-0.05, 0) is 0 Å². The molecule has 1 heterocycles. The Morgan fingerprint density at radius 3 is 2.88 bits per heavy atom. The Bertz CT molecular complexity index is 517. The second kappa shape index (κ2) is 5.12. The molecule has 1 aromatic heterocycles. The highest BCUT2D eigenvalue weighted by atomic mass is 16.5. The first-order valence-corrected chi connectivity index (χ1v) is 5.19. The molecule has 0 spiro atoms. The number of carbonyl (C=O) groups is 1. The van der Waals surface area contributed by atoms with Gasteiger partial charge >= 0.3 is 6.09 Å². The molecule has 0 aliphatic heterocycles. The van der Waals surface area contributed by atoms with Gasteiger partial charge in [-0.1, -0.05) is 43.0 Å². The molecule has 4 nitrogen and oxygen atoms in total. The van der Waals surface area contributed by atoms with E-state index >= 15 is 0 Å². The topological polar surface area (TPSA) is 44.1 Å². The number of rotatable bonds is 3. The molecule has 0 saturated heterocycles. The predicted octanol–water partition coefficient (Wildman–Crippen LogP) is 2.72. The largest absolute Gasteiger partial charge is 0.445 e. The van der Waals surface area contributed by atoms with Gasteiger partial charge in [-0.3, -0.25) is 0 Å². The molecular weight excluding hydrogens is 216 g/mol. The number of imidazole rings is 1. The van der Waals surface area contributed by atoms with Crippen molar-refractivity contribution >= 4 is 6.09 Å². The van der Waals surface area contributed by atoms with Crippen LogP contribution in [0.1, 0.15) is 0 Å². The van der Waals surface area contributed by atoms with Crippen molar-refractivity contribution in [1.29, 1.82) is 0 Å². The normalized spacial score (nSPS) is 9.88. The minimum Gasteiger partial charge on any atom is -0.445 e. The Hall–Kier alpha value is -2.36. The standard InChI is InChI=1S/C13H12N2O2/c1-2-10-17-13(16)15-9-8-14-12(15)11-6-4-3-5-7-11/h2-9H,1,10H2. The molecule has 0 radical (unpaired) electrons. The van der Waals surface area contributed by atoms with Crippen LogP contribution >= 0.6 is 0 Å². The zero-order chi connectivity index (χ0) is 12.1. The molecule has 86 valence electrons. The van der Waals surface area contributed by atoms with Gasteiger partial charge in [0.1, 0.15) is 12.4 Å². The average molecular weight is 228 g/mol. The molecule has 0 saturated carbocycles. The molecule has 0 fully saturated rings. The van der Waals surface area contributed by atoms with E-state index in [1.54, 1.807) is 12.4 Å². The fourth-order valence-electron chi connectivity index (χ4n) is 1.45. The lowest BCUT2D eigenvalue weighted by molar-refractivity contribution is 0.160. The quantitative estimate of drug-likeness (QED) is 0.759. The number of benzene rings is 1. The highest BCUT2D eigenvalue weighted by molar-refractivity contribution is 5.76. The van der Waals surface area contributed by atoms with Crippen LogP contribution in [0.3, 0.4) is 0 Å². The molecule has 0 unspecified atom stereocenters. The van der Waals surface area contributed by atoms with Crippen molar-refractivity contribution in [3.63, 3.8) is 0 Å². The molecule has 0 amide bonds. The van der Waals surface area contributed by atoms with Crippen LogP contribution in [0, 0.1) is 0 Å². The predicted molar refractivity (Wildman–Crippen MR) is 64.6 cm³/mol. The molecule has 2 rings (SSSR count). The number of hydrogen-bond donors (Lipinski definition) is 0. The molecule has 0 atom stereocenters. The van der Waals surface area contributed by atoms with Crippen molar-refractivity contribution in [1.82, 2.24) is 9.55 Å². The van der Waals surface area contributed by atoms with E-state index in [0.29, 0.717) is 5.82 Å². The molecule has 17 heavy (non-hydrogen) atoms. The molecule has 0 N–H and O–H groups in total. The fraction of sp³-hybridized carbons (Fsp3) is 0.0769. The summed E-state index contributed by atoms with van der Waals surface area (Å²) in [7, 11) is 0. The van der Waals surface area contributed by atoms with Crippen molar-refractivity contribution in [3.05, 3.63) is 55.4 Å². The zero-order valence-corrected chi connectivity index (χ0v) is 9.24. The summed E-state index contributed by atoms with van der Waals surface area (Å²) in [4.78, 5) is 15.9. The van der Waals surface area contributed by atoms with Crippen LogP contribution < -0.4 is 0 Å². The third kappa shape index (κ3) is 2.42. The highest BCUT2D eigenvalue weighted by Gasteiger charge is 2.12. The van der Waals surface area contributed by atoms with Gasteiger partial charge < -0.3 is 4.74 Å². The maximum Gasteiger partial charge on any atom is 0.420 e. The van der Waals surface area contributed by atoms with Crippen molar-refractivity contribution in [2.75, 3.05) is 6.61 Å². The molecule has 2 aromatic rings. The summed E-state index contributed by atoms with van der Waals surface area (Å²) >= 11 is 0. The van der Waals surface area contributed by atoms with E-state index in [1.807, 2.05) is 30.3 Å². The van der Waals surface area contributed by atoms with Crippen molar-refractivity contribution in [2.24, 2.45) is 0 Å². The summed E-state index contributed by atoms with van der Waals surface area (Å²) in [6.07, 6.45) is 4.21. The Labute approximate surface area is 99.2 Å². The van der Waals surface area contributed by atoms with Crippen molar-refractivity contribution in [2.45, 2.75) is 0 Å². The van der Waals surface area contributed by atoms with Crippen LogP contribution in [0.2, 0.25) is 0 Å². The van der Waals surface area contributed by atoms with E-state index in [-0.39, 0.29) is 6.61 Å². The van der Waals surface area contributed by atoms with Gasteiger partial charge in [0.05, 0.1) is 0 Å². The monoisotopic (exact) mass is 228 g/mol. The highest BCUT2D eigenvalue weighted by Crippen LogP contribution is 2.16. The van der Waals surface area contributed by atoms with Gasteiger partial charge in [0, 0.05) is 18.0 Å². The average Bonchev–Trinajstić information content (AvgIpc) is 2.86. The summed E-state index contributed by atoms with van der Waals surface area (Å²) in [5.41, 5.74) is 0.869. The molecular formula is C13H12N2O2. The van der Waals surface area contributed by atoms with Gasteiger partial charge in [0.25, 0.3) is 0 Å². The minimum atomic E-state index is -0.457. The Morgan fingerprint density at radius 1 is 1.41 bits per heavy atom. The summed E-state index contributed by atoms with van der Waals surface area (Å²) in [6.45, 7) is 3.68. The second-order valence-corrected chi connectivity index (χ2v) is 3.35. The fourth-order valence-corrected chi connectivity index (χ4v) is 1.45. The smallest absolute Gasteiger partial charge is 0.420 e. The first kappa shape index (κ1) is 11.1. The van der Waals surface area contributed by atoms with E-state index in [2.05, 4.69) is 11.6 Å². The molecule has 0 bridgehead atoms. The SMILES string of the molecule is C=CCOC(=O)n1ccnc1-c1ccccc1. The van der Waals surface area contributed by atoms with E-state index in [4.69, 9.17) is 4.74 Å². The third-order valence-electron chi connectivity index (χ3n) is 2.19. The first-order valence-electron chi connectivity index (χ1n) is 5.19. The van der Waals surface area contributed by atoms with E-state index in [1.165, 1.54) is 10.6 Å². The summed E-state index contributed by atoms with van der Waals surface area (Å²) in [5, 5.41) is 0. The maximum absolute atomic E-state index is 11.7. The lowest BCUT2D eigenvalue weighted by Gasteiger charge is -2.06. The third-order valence-corrected chi connectivity index (χ3v) is 2.19. The Kier molecular flexibility index (Phi) is 3.35. The van der Waals surface area contributed by atoms with Crippen molar-refractivity contribution < 1.29 is 9.53 Å². The van der Waals surface area contributed by atoms with Gasteiger partial charge in [0.2, 0.25) is 0 Å². The van der Waals surface area contributed by atoms with Gasteiger partial charge in [-0.25, -0.2) is 14.3 Å². The van der Waals surface area contributed by atoms with Crippen molar-refractivity contribution in [3.8, 4) is 11.4 Å². The van der Waals surface area contributed by atoms with Crippen LogP contribution in [0.25, 0.3) is 11.4 Å². The number of ether oxygens (including phenoxy) is 1. The Balaban J connectivity index is 2.29. The number of carbonyl (C=O) groups excluding carboxylic acids is 1. The number of nitrogens with zero attached hydrogens (tertiary/aromatic N) is 2. The van der Waals surface area contributed by atoms with Gasteiger partial charge in [-0.15, -0.1) is 0 Å². The molecule has 1 aromatic carbocycles. The van der Waals surface area contributed by atoms with E-state index in [9.17, 15) is 4.79 Å². The zero-order valence-electron chi connectivity index (χ0n) is 9.24. The summed E-state index contributed by atoms with van der Waals surface area (Å²) in [6, 6.07) is 9.47. The Morgan fingerprint density at radius 2 is 2.18 bits per heavy atom. The summed E-state index contributed by atoms with van der Waals surface area (Å²) < 4.78 is 6.34. The maximum atomic E-state index is 11.7. The van der Waals surface area contributed by atoms with Crippen LogP contribution in [-0.4, -0.2) is 22.3 Å². The van der Waals surface area contributed by atoms with Crippen LogP contribution in [-0.2, 0) is 4.74 Å². The number of hydrogen-bond acceptors (Lipinski definition) is 3. The lowest BCUT2D eigenvalue weighted by atomic mass is 10.2. The molecule has 0 aliphatic rings. The lowest BCUT2D eigenvalue weighted by Crippen LogP contribution is -2.14. The van der Waals surface area contributed by atoms with Crippen LogP contribution in [0.4, 0.5) is 4.79 Å². The van der Waals surface area contributed by atoms with E-state index in [0.717, 1.165) is 5.56 Å². The molecule has 0 aliphatic carbocycles. The van der Waals surface area contributed by atoms with Gasteiger partial charge in [0.15, 0.2) is 0 Å². The molecule has 4 heteroatoms. The summed E-state index contributed by atoms with van der Waals surface area (Å²) in [5.74, 6) is 0.569. The van der Waals surface area contributed by atoms with Crippen LogP contribution in [0.15, 0.2) is 55.4 Å². The number of aromatic nitrogens is 2. The second-order valence-electron chi connectivity index (χ2n) is 3.35. The van der Waals surface area contributed by atoms with E-state index < -0.39 is 6.09 Å². The minimum absolute atomic E-state index is 0.186. The van der Waals surface area contributed by atoms with Gasteiger partial charge in [-0.2, -0.15) is 0 Å². The first-order chi connectivity index (χ1) is 8.33. The van der Waals surface area contributed by atoms with Crippen LogP contribution in [0.5, 0.6) is 0 Å².